The molecule has 0 amide bonds. The largest absolute Gasteiger partial charge is 0.330 e. The molecule has 0 heterocycles. The second-order valence-corrected chi connectivity index (χ2v) is 2.03. The average molecular weight is 85.2 g/mol. The molecule has 1 fully saturated rings. The Morgan fingerprint density at radius 2 is 2.17 bits per heavy atom. The van der Waals surface area contributed by atoms with Gasteiger partial charge in [-0.3, -0.25) is 0 Å². The summed E-state index contributed by atoms with van der Waals surface area (Å²) in [7, 11) is 0. The highest BCUT2D eigenvalue weighted by atomic mass is 14.6. The van der Waals surface area contributed by atoms with Gasteiger partial charge in [0.15, 0.2) is 0 Å². The molecule has 0 aromatic carbocycles. The Balaban J connectivity index is 2.01. The second kappa shape index (κ2) is 1.61. The van der Waals surface area contributed by atoms with E-state index in [1.54, 1.807) is 0 Å². The molecule has 0 aromatic heterocycles. The van der Waals surface area contributed by atoms with Crippen LogP contribution < -0.4 is 5.73 Å². The standard InChI is InChI=1S/C5H11N/c6-4-5-2-1-3-5/h5H,1-4,6H2. The molecule has 1 aliphatic carbocycles. The van der Waals surface area contributed by atoms with Crippen molar-refractivity contribution in [3.8, 4) is 0 Å². The summed E-state index contributed by atoms with van der Waals surface area (Å²) in [6.07, 6.45) is 4.19. The van der Waals surface area contributed by atoms with Crippen LogP contribution in [0.2, 0.25) is 0 Å². The third-order valence-corrected chi connectivity index (χ3v) is 1.56. The van der Waals surface area contributed by atoms with Gasteiger partial charge >= 0.3 is 0 Å². The van der Waals surface area contributed by atoms with E-state index in [4.69, 9.17) is 5.73 Å². The van der Waals surface area contributed by atoms with Crippen LogP contribution in [0.5, 0.6) is 0 Å². The van der Waals surface area contributed by atoms with Gasteiger partial charge in [-0.05, 0) is 25.3 Å². The van der Waals surface area contributed by atoms with E-state index in [0.717, 1.165) is 12.5 Å². The molecule has 0 radical (unpaired) electrons. The fraction of sp³-hybridized carbons (Fsp3) is 1.00. The van der Waals surface area contributed by atoms with Crippen LogP contribution in [-0.4, -0.2) is 6.54 Å². The molecule has 6 heavy (non-hydrogen) atoms. The Bertz CT molecular complexity index is 36.4. The lowest BCUT2D eigenvalue weighted by atomic mass is 9.86. The minimum Gasteiger partial charge on any atom is -0.330 e. The molecule has 1 nitrogen and oxygen atoms in total. The normalized spacial score (nSPS) is 23.5. The van der Waals surface area contributed by atoms with E-state index in [9.17, 15) is 0 Å². The molecule has 1 saturated carbocycles. The summed E-state index contributed by atoms with van der Waals surface area (Å²) in [6, 6.07) is 0. The zero-order valence-corrected chi connectivity index (χ0v) is 3.98. The summed E-state index contributed by atoms with van der Waals surface area (Å²) >= 11 is 0. The summed E-state index contributed by atoms with van der Waals surface area (Å²) in [5, 5.41) is 0. The van der Waals surface area contributed by atoms with Gasteiger partial charge < -0.3 is 5.73 Å². The second-order valence-electron chi connectivity index (χ2n) is 2.03. The molecule has 0 aliphatic heterocycles. The first-order chi connectivity index (χ1) is 2.93. The van der Waals surface area contributed by atoms with Crippen molar-refractivity contribution < 1.29 is 0 Å². The zero-order valence-electron chi connectivity index (χ0n) is 3.98. The molecule has 0 saturated heterocycles. The zero-order chi connectivity index (χ0) is 4.41. The average Bonchev–Trinajstić information content (AvgIpc) is 1.31. The first kappa shape index (κ1) is 4.13. The van der Waals surface area contributed by atoms with Crippen LogP contribution in [0.4, 0.5) is 0 Å². The topological polar surface area (TPSA) is 26.0 Å². The Kier molecular flexibility index (Phi) is 1.10. The summed E-state index contributed by atoms with van der Waals surface area (Å²) in [5.74, 6) is 0.894. The molecule has 1 aliphatic rings. The predicted octanol–water partition coefficient (Wildman–Crippen LogP) is 0.745. The smallest absolute Gasteiger partial charge is 0.00489 e. The monoisotopic (exact) mass is 85.1 g/mol. The summed E-state index contributed by atoms with van der Waals surface area (Å²) in [5.41, 5.74) is 5.33. The summed E-state index contributed by atoms with van der Waals surface area (Å²) < 4.78 is 0. The highest BCUT2D eigenvalue weighted by Gasteiger charge is 2.13. The van der Waals surface area contributed by atoms with Gasteiger partial charge in [0.25, 0.3) is 0 Å². The van der Waals surface area contributed by atoms with E-state index >= 15 is 0 Å². The molecule has 36 valence electrons. The van der Waals surface area contributed by atoms with Crippen molar-refractivity contribution in [3.63, 3.8) is 0 Å². The fourth-order valence-corrected chi connectivity index (χ4v) is 0.729. The summed E-state index contributed by atoms with van der Waals surface area (Å²) in [6.45, 7) is 0.917. The van der Waals surface area contributed by atoms with Crippen LogP contribution >= 0.6 is 0 Å². The minimum atomic E-state index is 0.894. The molecule has 1 rings (SSSR count). The Hall–Kier alpha value is -0.0400. The lowest BCUT2D eigenvalue weighted by Gasteiger charge is -2.22. The van der Waals surface area contributed by atoms with E-state index in [0.29, 0.717) is 0 Å². The van der Waals surface area contributed by atoms with Gasteiger partial charge in [-0.2, -0.15) is 0 Å². The van der Waals surface area contributed by atoms with E-state index in [1.807, 2.05) is 0 Å². The van der Waals surface area contributed by atoms with Crippen molar-refractivity contribution in [1.29, 1.82) is 0 Å². The van der Waals surface area contributed by atoms with Crippen LogP contribution in [0.25, 0.3) is 0 Å². The maximum absolute atomic E-state index is 5.33. The van der Waals surface area contributed by atoms with Gasteiger partial charge in [0, 0.05) is 0 Å². The van der Waals surface area contributed by atoms with E-state index in [1.165, 1.54) is 19.3 Å². The van der Waals surface area contributed by atoms with Crippen LogP contribution in [-0.2, 0) is 0 Å². The number of nitrogens with two attached hydrogens (primary N) is 1. The quantitative estimate of drug-likeness (QED) is 0.499. The Labute approximate surface area is 38.5 Å². The van der Waals surface area contributed by atoms with Crippen molar-refractivity contribution in [1.82, 2.24) is 0 Å². The van der Waals surface area contributed by atoms with Gasteiger partial charge in [-0.1, -0.05) is 6.42 Å². The highest BCUT2D eigenvalue weighted by molar-refractivity contribution is 4.68. The fourth-order valence-electron chi connectivity index (χ4n) is 0.729. The maximum Gasteiger partial charge on any atom is -0.00489 e. The van der Waals surface area contributed by atoms with Crippen molar-refractivity contribution in [3.05, 3.63) is 0 Å². The molecular formula is C5H11N. The van der Waals surface area contributed by atoms with Gasteiger partial charge in [-0.15, -0.1) is 0 Å². The Morgan fingerprint density at radius 1 is 1.50 bits per heavy atom. The lowest BCUT2D eigenvalue weighted by molar-refractivity contribution is 0.325. The molecule has 0 atom stereocenters. The summed E-state index contributed by atoms with van der Waals surface area (Å²) in [4.78, 5) is 0. The number of rotatable bonds is 1. The number of hydrogen-bond acceptors (Lipinski definition) is 1. The van der Waals surface area contributed by atoms with Gasteiger partial charge in [-0.25, -0.2) is 0 Å². The third-order valence-electron chi connectivity index (χ3n) is 1.56. The molecule has 2 N–H and O–H groups in total. The first-order valence-electron chi connectivity index (χ1n) is 2.63. The Morgan fingerprint density at radius 3 is 2.17 bits per heavy atom. The van der Waals surface area contributed by atoms with Crippen molar-refractivity contribution in [2.24, 2.45) is 11.7 Å². The van der Waals surface area contributed by atoms with Crippen LogP contribution in [0, 0.1) is 5.92 Å². The van der Waals surface area contributed by atoms with Crippen molar-refractivity contribution >= 4 is 0 Å². The molecule has 0 unspecified atom stereocenters. The molecule has 1 heteroatoms. The SMILES string of the molecule is NCC1CCC1. The van der Waals surface area contributed by atoms with Gasteiger partial charge in [0.2, 0.25) is 0 Å². The van der Waals surface area contributed by atoms with E-state index < -0.39 is 0 Å². The third kappa shape index (κ3) is 0.548. The van der Waals surface area contributed by atoms with Gasteiger partial charge in [0.05, 0.1) is 0 Å². The van der Waals surface area contributed by atoms with Crippen LogP contribution in [0.1, 0.15) is 19.3 Å². The molecule has 0 spiro atoms. The first-order valence-corrected chi connectivity index (χ1v) is 2.63. The number of hydrogen-bond donors (Lipinski definition) is 1. The predicted molar refractivity (Wildman–Crippen MR) is 26.4 cm³/mol. The van der Waals surface area contributed by atoms with Crippen LogP contribution in [0.15, 0.2) is 0 Å². The molecular weight excluding hydrogens is 74.1 g/mol. The van der Waals surface area contributed by atoms with Crippen molar-refractivity contribution in [2.75, 3.05) is 6.54 Å². The maximum atomic E-state index is 5.33. The highest BCUT2D eigenvalue weighted by Crippen LogP contribution is 2.24. The minimum absolute atomic E-state index is 0.894. The van der Waals surface area contributed by atoms with Crippen molar-refractivity contribution in [2.45, 2.75) is 19.3 Å². The van der Waals surface area contributed by atoms with E-state index in [-0.39, 0.29) is 0 Å². The molecule has 0 bridgehead atoms. The molecule has 0 aromatic rings. The van der Waals surface area contributed by atoms with E-state index in [2.05, 4.69) is 0 Å². The lowest BCUT2D eigenvalue weighted by Crippen LogP contribution is -2.20. The van der Waals surface area contributed by atoms with Gasteiger partial charge in [0.1, 0.15) is 0 Å². The van der Waals surface area contributed by atoms with Crippen LogP contribution in [0.3, 0.4) is 0 Å².